The SMILES string of the molecule is O=C(CCC(=O)N1CCN(S(=O)(=O)c2ccccc2)CC1)Nc1cccc(N2CCCC2=O)c1. The average Bonchev–Trinajstić information content (AvgIpc) is 3.29. The molecule has 9 nitrogen and oxygen atoms in total. The van der Waals surface area contributed by atoms with E-state index in [0.717, 1.165) is 12.1 Å². The minimum absolute atomic E-state index is 0.0221. The highest BCUT2D eigenvalue weighted by atomic mass is 32.2. The Morgan fingerprint density at radius 3 is 2.29 bits per heavy atom. The Balaban J connectivity index is 1.25. The molecule has 2 aliphatic heterocycles. The van der Waals surface area contributed by atoms with Crippen LogP contribution in [0, 0.1) is 0 Å². The summed E-state index contributed by atoms with van der Waals surface area (Å²) in [7, 11) is -3.58. The Hall–Kier alpha value is -3.24. The highest BCUT2D eigenvalue weighted by molar-refractivity contribution is 7.89. The Morgan fingerprint density at radius 1 is 0.882 bits per heavy atom. The number of piperazine rings is 1. The molecule has 0 aliphatic carbocycles. The number of amides is 3. The molecule has 2 fully saturated rings. The zero-order chi connectivity index (χ0) is 24.1. The summed E-state index contributed by atoms with van der Waals surface area (Å²) < 4.78 is 26.8. The number of anilines is 2. The molecule has 2 aliphatic rings. The van der Waals surface area contributed by atoms with Crippen molar-refractivity contribution in [3.63, 3.8) is 0 Å². The van der Waals surface area contributed by atoms with Gasteiger partial charge in [-0.15, -0.1) is 0 Å². The fraction of sp³-hybridized carbons (Fsp3) is 0.375. The first-order chi connectivity index (χ1) is 16.3. The first kappa shape index (κ1) is 23.9. The van der Waals surface area contributed by atoms with Gasteiger partial charge in [0.25, 0.3) is 0 Å². The normalized spacial score (nSPS) is 17.1. The number of carbonyl (C=O) groups excluding carboxylic acids is 3. The molecule has 180 valence electrons. The Morgan fingerprint density at radius 2 is 1.62 bits per heavy atom. The number of nitrogens with one attached hydrogen (secondary N) is 1. The van der Waals surface area contributed by atoms with Gasteiger partial charge in [-0.1, -0.05) is 24.3 Å². The summed E-state index contributed by atoms with van der Waals surface area (Å²) in [5.74, 6) is -0.391. The molecule has 3 amide bonds. The lowest BCUT2D eigenvalue weighted by Crippen LogP contribution is -2.50. The van der Waals surface area contributed by atoms with Gasteiger partial charge in [-0.25, -0.2) is 8.42 Å². The van der Waals surface area contributed by atoms with Gasteiger partial charge in [0.2, 0.25) is 27.7 Å². The molecule has 2 aromatic carbocycles. The number of hydrogen-bond donors (Lipinski definition) is 1. The summed E-state index contributed by atoms with van der Waals surface area (Å²) in [6, 6.07) is 15.4. The van der Waals surface area contributed by atoms with Crippen molar-refractivity contribution in [1.29, 1.82) is 0 Å². The second kappa shape index (κ2) is 10.4. The van der Waals surface area contributed by atoms with E-state index in [4.69, 9.17) is 0 Å². The van der Waals surface area contributed by atoms with E-state index in [9.17, 15) is 22.8 Å². The van der Waals surface area contributed by atoms with Crippen LogP contribution in [0.25, 0.3) is 0 Å². The lowest BCUT2D eigenvalue weighted by Gasteiger charge is -2.34. The molecule has 0 atom stereocenters. The van der Waals surface area contributed by atoms with Crippen LogP contribution in [0.15, 0.2) is 59.5 Å². The third-order valence-electron chi connectivity index (χ3n) is 6.05. The number of carbonyl (C=O) groups is 3. The zero-order valence-electron chi connectivity index (χ0n) is 18.9. The standard InChI is InChI=1S/C24H28N4O5S/c29-22(25-19-6-4-7-20(18-19)28-13-5-10-24(28)31)11-12-23(30)26-14-16-27(17-15-26)34(32,33)21-8-2-1-3-9-21/h1-4,6-9,18H,5,10-17H2,(H,25,29). The quantitative estimate of drug-likeness (QED) is 0.648. The van der Waals surface area contributed by atoms with Gasteiger partial charge in [-0.3, -0.25) is 14.4 Å². The van der Waals surface area contributed by atoms with Gasteiger partial charge in [-0.2, -0.15) is 4.31 Å². The van der Waals surface area contributed by atoms with Gasteiger partial charge in [0.1, 0.15) is 0 Å². The number of nitrogens with zero attached hydrogens (tertiary/aromatic N) is 3. The first-order valence-electron chi connectivity index (χ1n) is 11.4. The van der Waals surface area contributed by atoms with Crippen molar-refractivity contribution in [3.05, 3.63) is 54.6 Å². The first-order valence-corrected chi connectivity index (χ1v) is 12.8. The van der Waals surface area contributed by atoms with Crippen LogP contribution >= 0.6 is 0 Å². The maximum absolute atomic E-state index is 12.7. The Bertz CT molecular complexity index is 1160. The predicted molar refractivity (Wildman–Crippen MR) is 128 cm³/mol. The van der Waals surface area contributed by atoms with Crippen molar-refractivity contribution >= 4 is 39.1 Å². The average molecular weight is 485 g/mol. The van der Waals surface area contributed by atoms with E-state index in [0.29, 0.717) is 31.7 Å². The smallest absolute Gasteiger partial charge is 0.243 e. The predicted octanol–water partition coefficient (Wildman–Crippen LogP) is 2.07. The van der Waals surface area contributed by atoms with Gasteiger partial charge in [0.15, 0.2) is 0 Å². The molecule has 2 aromatic rings. The van der Waals surface area contributed by atoms with Crippen molar-refractivity contribution in [3.8, 4) is 0 Å². The van der Waals surface area contributed by atoms with E-state index in [2.05, 4.69) is 5.32 Å². The van der Waals surface area contributed by atoms with E-state index >= 15 is 0 Å². The van der Waals surface area contributed by atoms with E-state index in [-0.39, 0.29) is 48.5 Å². The molecule has 4 rings (SSSR count). The van der Waals surface area contributed by atoms with Crippen LogP contribution in [0.1, 0.15) is 25.7 Å². The van der Waals surface area contributed by atoms with Crippen LogP contribution < -0.4 is 10.2 Å². The molecule has 2 saturated heterocycles. The number of rotatable bonds is 7. The molecular formula is C24H28N4O5S. The zero-order valence-corrected chi connectivity index (χ0v) is 19.7. The summed E-state index contributed by atoms with van der Waals surface area (Å²) in [4.78, 5) is 40.5. The second-order valence-corrected chi connectivity index (χ2v) is 10.3. The van der Waals surface area contributed by atoms with Crippen LogP contribution in [0.2, 0.25) is 0 Å². The van der Waals surface area contributed by atoms with Gasteiger partial charge in [-0.05, 0) is 36.8 Å². The third kappa shape index (κ3) is 5.45. The maximum Gasteiger partial charge on any atom is 0.243 e. The lowest BCUT2D eigenvalue weighted by atomic mass is 10.2. The molecule has 0 radical (unpaired) electrons. The third-order valence-corrected chi connectivity index (χ3v) is 7.97. The number of benzene rings is 2. The molecule has 10 heteroatoms. The van der Waals surface area contributed by atoms with Crippen LogP contribution in [0.3, 0.4) is 0 Å². The van der Waals surface area contributed by atoms with E-state index in [1.165, 1.54) is 4.31 Å². The van der Waals surface area contributed by atoms with Crippen molar-refractivity contribution in [2.45, 2.75) is 30.6 Å². The van der Waals surface area contributed by atoms with Gasteiger partial charge >= 0.3 is 0 Å². The molecule has 34 heavy (non-hydrogen) atoms. The molecular weight excluding hydrogens is 456 g/mol. The highest BCUT2D eigenvalue weighted by Gasteiger charge is 2.30. The lowest BCUT2D eigenvalue weighted by molar-refractivity contribution is -0.133. The van der Waals surface area contributed by atoms with Gasteiger partial charge < -0.3 is 15.1 Å². The van der Waals surface area contributed by atoms with Crippen LogP contribution in [-0.4, -0.2) is 68.1 Å². The summed E-state index contributed by atoms with van der Waals surface area (Å²) in [6.45, 7) is 1.69. The second-order valence-electron chi connectivity index (χ2n) is 8.35. The molecule has 0 bridgehead atoms. The van der Waals surface area contributed by atoms with Crippen LogP contribution in [-0.2, 0) is 24.4 Å². The van der Waals surface area contributed by atoms with Gasteiger partial charge in [0.05, 0.1) is 4.90 Å². The summed E-state index contributed by atoms with van der Waals surface area (Å²) in [5, 5.41) is 2.79. The van der Waals surface area contributed by atoms with Crippen molar-refractivity contribution in [2.75, 3.05) is 42.9 Å². The molecule has 1 N–H and O–H groups in total. The van der Waals surface area contributed by atoms with Crippen molar-refractivity contribution in [2.24, 2.45) is 0 Å². The molecule has 2 heterocycles. The fourth-order valence-electron chi connectivity index (χ4n) is 4.19. The molecule has 0 saturated carbocycles. The minimum Gasteiger partial charge on any atom is -0.340 e. The van der Waals surface area contributed by atoms with E-state index in [1.807, 2.05) is 6.07 Å². The molecule has 0 unspecified atom stereocenters. The highest BCUT2D eigenvalue weighted by Crippen LogP contribution is 2.24. The van der Waals surface area contributed by atoms with E-state index in [1.54, 1.807) is 58.3 Å². The summed E-state index contributed by atoms with van der Waals surface area (Å²) >= 11 is 0. The van der Waals surface area contributed by atoms with Crippen molar-refractivity contribution in [1.82, 2.24) is 9.21 Å². The fourth-order valence-corrected chi connectivity index (χ4v) is 5.64. The molecule has 0 aromatic heterocycles. The monoisotopic (exact) mass is 484 g/mol. The number of sulfonamides is 1. The van der Waals surface area contributed by atoms with Crippen LogP contribution in [0.4, 0.5) is 11.4 Å². The van der Waals surface area contributed by atoms with E-state index < -0.39 is 10.0 Å². The number of hydrogen-bond acceptors (Lipinski definition) is 5. The molecule has 0 spiro atoms. The Labute approximate surface area is 199 Å². The summed E-state index contributed by atoms with van der Waals surface area (Å²) in [6.07, 6.45) is 1.42. The van der Waals surface area contributed by atoms with Crippen molar-refractivity contribution < 1.29 is 22.8 Å². The topological polar surface area (TPSA) is 107 Å². The van der Waals surface area contributed by atoms with Crippen LogP contribution in [0.5, 0.6) is 0 Å². The van der Waals surface area contributed by atoms with Gasteiger partial charge in [0, 0.05) is 63.4 Å². The summed E-state index contributed by atoms with van der Waals surface area (Å²) in [5.41, 5.74) is 1.33. The largest absolute Gasteiger partial charge is 0.340 e. The maximum atomic E-state index is 12.7. The Kier molecular flexibility index (Phi) is 7.28. The minimum atomic E-state index is -3.58.